The number of hydrogen-bond acceptors (Lipinski definition) is 4. The molecule has 6 nitrogen and oxygen atoms in total. The zero-order valence-electron chi connectivity index (χ0n) is 11.3. The number of rotatable bonds is 7. The number of carbonyl (C=O) groups excluding carboxylic acids is 2. The van der Waals surface area contributed by atoms with E-state index in [2.05, 4.69) is 0 Å². The van der Waals surface area contributed by atoms with E-state index in [1.54, 1.807) is 16.7 Å². The largest absolute Gasteiger partial charge is 0.481 e. The zero-order chi connectivity index (χ0) is 14.4. The molecule has 0 aromatic heterocycles. The van der Waals surface area contributed by atoms with Crippen molar-refractivity contribution in [2.75, 3.05) is 25.4 Å². The summed E-state index contributed by atoms with van der Waals surface area (Å²) >= 11 is 1.27. The van der Waals surface area contributed by atoms with Crippen LogP contribution in [0.5, 0.6) is 0 Å². The first-order valence-electron chi connectivity index (χ1n) is 6.38. The Hall–Kier alpha value is -1.24. The quantitative estimate of drug-likeness (QED) is 0.763. The van der Waals surface area contributed by atoms with Gasteiger partial charge in [-0.05, 0) is 13.8 Å². The monoisotopic (exact) mass is 288 g/mol. The molecule has 0 aromatic rings. The average Bonchev–Trinajstić information content (AvgIpc) is 2.72. The van der Waals surface area contributed by atoms with Gasteiger partial charge in [-0.15, -0.1) is 0 Å². The Morgan fingerprint density at radius 2 is 2.21 bits per heavy atom. The lowest BCUT2D eigenvalue weighted by atomic mass is 10.2. The summed E-state index contributed by atoms with van der Waals surface area (Å²) in [5, 5.41) is 8.78. The van der Waals surface area contributed by atoms with Crippen LogP contribution < -0.4 is 0 Å². The summed E-state index contributed by atoms with van der Waals surface area (Å²) in [6.07, 6.45) is 0.197. The molecule has 108 valence electrons. The first-order valence-corrected chi connectivity index (χ1v) is 7.37. The Morgan fingerprint density at radius 1 is 1.53 bits per heavy atom. The predicted molar refractivity (Wildman–Crippen MR) is 73.1 cm³/mol. The first-order chi connectivity index (χ1) is 8.95. The summed E-state index contributed by atoms with van der Waals surface area (Å²) in [5.74, 6) is -0.231. The standard InChI is InChI=1S/C12H20N2O4S/c1-3-14(9(2)8-11(16)17)10(15)4-5-13-6-7-19-12(13)18/h9H,3-8H2,1-2H3,(H,16,17). The van der Waals surface area contributed by atoms with E-state index >= 15 is 0 Å². The minimum absolute atomic E-state index is 0.0226. The molecule has 0 spiro atoms. The summed E-state index contributed by atoms with van der Waals surface area (Å²) in [6, 6.07) is -0.321. The van der Waals surface area contributed by atoms with Gasteiger partial charge in [0.1, 0.15) is 0 Å². The van der Waals surface area contributed by atoms with Crippen molar-refractivity contribution in [1.29, 1.82) is 0 Å². The normalized spacial score (nSPS) is 16.5. The van der Waals surface area contributed by atoms with Crippen LogP contribution in [0.4, 0.5) is 4.79 Å². The Bertz CT molecular complexity index is 362. The van der Waals surface area contributed by atoms with Gasteiger partial charge in [0.05, 0.1) is 6.42 Å². The second kappa shape index (κ2) is 7.37. The average molecular weight is 288 g/mol. The molecule has 1 saturated heterocycles. The number of carboxylic acids is 1. The van der Waals surface area contributed by atoms with Crippen LogP contribution in [0.3, 0.4) is 0 Å². The summed E-state index contributed by atoms with van der Waals surface area (Å²) < 4.78 is 0. The topological polar surface area (TPSA) is 77.9 Å². The van der Waals surface area contributed by atoms with Gasteiger partial charge < -0.3 is 14.9 Å². The van der Waals surface area contributed by atoms with Gasteiger partial charge in [-0.25, -0.2) is 0 Å². The molecule has 1 atom stereocenters. The van der Waals surface area contributed by atoms with E-state index in [0.717, 1.165) is 5.75 Å². The first kappa shape index (κ1) is 15.8. The van der Waals surface area contributed by atoms with E-state index in [-0.39, 0.29) is 30.0 Å². The van der Waals surface area contributed by atoms with Crippen molar-refractivity contribution in [3.8, 4) is 0 Å². The highest BCUT2D eigenvalue weighted by molar-refractivity contribution is 8.13. The Labute approximate surface area is 117 Å². The van der Waals surface area contributed by atoms with Crippen molar-refractivity contribution < 1.29 is 19.5 Å². The molecular weight excluding hydrogens is 268 g/mol. The zero-order valence-corrected chi connectivity index (χ0v) is 12.1. The molecule has 7 heteroatoms. The molecule has 0 aliphatic carbocycles. The maximum absolute atomic E-state index is 12.0. The van der Waals surface area contributed by atoms with Crippen molar-refractivity contribution in [2.24, 2.45) is 0 Å². The summed E-state index contributed by atoms with van der Waals surface area (Å²) in [7, 11) is 0. The maximum atomic E-state index is 12.0. The van der Waals surface area contributed by atoms with Crippen molar-refractivity contribution in [3.63, 3.8) is 0 Å². The fraction of sp³-hybridized carbons (Fsp3) is 0.750. The van der Waals surface area contributed by atoms with Gasteiger partial charge in [-0.1, -0.05) is 11.8 Å². The third-order valence-corrected chi connectivity index (χ3v) is 4.00. The van der Waals surface area contributed by atoms with Gasteiger partial charge in [0.25, 0.3) is 5.24 Å². The van der Waals surface area contributed by atoms with Crippen LogP contribution in [0, 0.1) is 0 Å². The summed E-state index contributed by atoms with van der Waals surface area (Å²) in [6.45, 7) is 5.14. The summed E-state index contributed by atoms with van der Waals surface area (Å²) in [5.41, 5.74) is 0. The van der Waals surface area contributed by atoms with Crippen molar-refractivity contribution >= 4 is 28.9 Å². The lowest BCUT2D eigenvalue weighted by Crippen LogP contribution is -2.41. The number of aliphatic carboxylic acids is 1. The molecule has 19 heavy (non-hydrogen) atoms. The van der Waals surface area contributed by atoms with E-state index in [0.29, 0.717) is 19.6 Å². The molecular formula is C12H20N2O4S. The van der Waals surface area contributed by atoms with Crippen LogP contribution >= 0.6 is 11.8 Å². The van der Waals surface area contributed by atoms with Gasteiger partial charge in [-0.3, -0.25) is 14.4 Å². The van der Waals surface area contributed by atoms with E-state index in [1.165, 1.54) is 11.8 Å². The minimum Gasteiger partial charge on any atom is -0.481 e. The third kappa shape index (κ3) is 4.74. The minimum atomic E-state index is -0.912. The highest BCUT2D eigenvalue weighted by Gasteiger charge is 2.24. The Morgan fingerprint density at radius 3 is 2.68 bits per heavy atom. The number of nitrogens with zero attached hydrogens (tertiary/aromatic N) is 2. The SMILES string of the molecule is CCN(C(=O)CCN1CCSC1=O)C(C)CC(=O)O. The van der Waals surface area contributed by atoms with Gasteiger partial charge in [0, 0.05) is 37.8 Å². The molecule has 0 aromatic carbocycles. The molecule has 1 rings (SSSR count). The smallest absolute Gasteiger partial charge is 0.305 e. The van der Waals surface area contributed by atoms with Gasteiger partial charge >= 0.3 is 5.97 Å². The van der Waals surface area contributed by atoms with Crippen LogP contribution in [-0.4, -0.2) is 63.5 Å². The molecule has 1 unspecified atom stereocenters. The lowest BCUT2D eigenvalue weighted by molar-refractivity contribution is -0.140. The second-order valence-corrected chi connectivity index (χ2v) is 5.52. The fourth-order valence-corrected chi connectivity index (χ4v) is 2.95. The molecule has 1 aliphatic rings. The van der Waals surface area contributed by atoms with Crippen molar-refractivity contribution in [1.82, 2.24) is 9.80 Å². The van der Waals surface area contributed by atoms with Crippen LogP contribution in [0.2, 0.25) is 0 Å². The van der Waals surface area contributed by atoms with Gasteiger partial charge in [0.2, 0.25) is 5.91 Å². The molecule has 0 bridgehead atoms. The third-order valence-electron chi connectivity index (χ3n) is 3.10. The van der Waals surface area contributed by atoms with Crippen LogP contribution in [0.1, 0.15) is 26.7 Å². The van der Waals surface area contributed by atoms with E-state index in [1.807, 2.05) is 6.92 Å². The molecule has 1 N–H and O–H groups in total. The predicted octanol–water partition coefficient (Wildman–Crippen LogP) is 1.26. The molecule has 1 heterocycles. The Balaban J connectivity index is 2.44. The summed E-state index contributed by atoms with van der Waals surface area (Å²) in [4.78, 5) is 37.3. The van der Waals surface area contributed by atoms with E-state index < -0.39 is 5.97 Å². The highest BCUT2D eigenvalue weighted by Crippen LogP contribution is 2.17. The van der Waals surface area contributed by atoms with Crippen molar-refractivity contribution in [2.45, 2.75) is 32.7 Å². The second-order valence-electron chi connectivity index (χ2n) is 4.48. The van der Waals surface area contributed by atoms with Gasteiger partial charge in [-0.2, -0.15) is 0 Å². The van der Waals surface area contributed by atoms with E-state index in [4.69, 9.17) is 5.11 Å². The number of carboxylic acid groups (broad SMARTS) is 1. The number of hydrogen-bond donors (Lipinski definition) is 1. The van der Waals surface area contributed by atoms with E-state index in [9.17, 15) is 14.4 Å². The maximum Gasteiger partial charge on any atom is 0.305 e. The Kier molecular flexibility index (Phi) is 6.14. The molecule has 1 fully saturated rings. The van der Waals surface area contributed by atoms with Crippen LogP contribution in [-0.2, 0) is 9.59 Å². The highest BCUT2D eigenvalue weighted by atomic mass is 32.2. The fourth-order valence-electron chi connectivity index (χ4n) is 2.10. The van der Waals surface area contributed by atoms with Gasteiger partial charge in [0.15, 0.2) is 0 Å². The van der Waals surface area contributed by atoms with Crippen LogP contribution in [0.25, 0.3) is 0 Å². The number of thioether (sulfide) groups is 1. The molecule has 2 amide bonds. The molecule has 1 aliphatic heterocycles. The molecule has 0 saturated carbocycles. The number of amides is 2. The van der Waals surface area contributed by atoms with Crippen molar-refractivity contribution in [3.05, 3.63) is 0 Å². The number of carbonyl (C=O) groups is 3. The lowest BCUT2D eigenvalue weighted by Gasteiger charge is -2.27. The van der Waals surface area contributed by atoms with Crippen LogP contribution in [0.15, 0.2) is 0 Å². The molecule has 0 radical (unpaired) electrons.